The average Bonchev–Trinajstić information content (AvgIpc) is 2.68. The molecular weight excluding hydrogens is 381 g/mol. The topological polar surface area (TPSA) is 59.0 Å². The summed E-state index contributed by atoms with van der Waals surface area (Å²) in [6.07, 6.45) is 7.55. The lowest BCUT2D eigenvalue weighted by Crippen LogP contribution is -2.36. The molecule has 0 amide bonds. The highest BCUT2D eigenvalue weighted by atomic mass is 32.2. The van der Waals surface area contributed by atoms with E-state index < -0.39 is 6.16 Å². The normalized spacial score (nSPS) is 19.8. The molecule has 7 heteroatoms. The van der Waals surface area contributed by atoms with Gasteiger partial charge in [-0.15, -0.1) is 11.8 Å². The molecule has 5 nitrogen and oxygen atoms in total. The van der Waals surface area contributed by atoms with E-state index in [0.717, 1.165) is 61.6 Å². The molecule has 2 aliphatic heterocycles. The van der Waals surface area contributed by atoms with Gasteiger partial charge >= 0.3 is 6.16 Å². The lowest BCUT2D eigenvalue weighted by molar-refractivity contribution is 0.00173. The molecule has 1 N–H and O–H groups in total. The fraction of sp³-hybridized carbons (Fsp3) is 0.476. The van der Waals surface area contributed by atoms with E-state index in [0.29, 0.717) is 12.3 Å². The third kappa shape index (κ3) is 6.27. The second-order valence-electron chi connectivity index (χ2n) is 6.91. The minimum atomic E-state index is -1.31. The molecule has 1 aromatic rings. The van der Waals surface area contributed by atoms with Crippen LogP contribution in [0, 0.1) is 5.82 Å². The second kappa shape index (κ2) is 10.5. The number of nitrogens with zero attached hydrogens (tertiary/aromatic N) is 1. The van der Waals surface area contributed by atoms with Crippen LogP contribution in [0.1, 0.15) is 31.2 Å². The van der Waals surface area contributed by atoms with E-state index in [1.807, 2.05) is 6.08 Å². The molecule has 0 bridgehead atoms. The van der Waals surface area contributed by atoms with Gasteiger partial charge in [-0.05, 0) is 61.6 Å². The summed E-state index contributed by atoms with van der Waals surface area (Å²) in [5.74, 6) is 0.962. The first-order valence-electron chi connectivity index (χ1n) is 9.67. The summed E-state index contributed by atoms with van der Waals surface area (Å²) in [6, 6.07) is 6.55. The number of allylic oxidation sites excluding steroid dienone is 1. The molecule has 152 valence electrons. The first-order chi connectivity index (χ1) is 13.6. The maximum absolute atomic E-state index is 13.0. The van der Waals surface area contributed by atoms with Crippen molar-refractivity contribution in [3.05, 3.63) is 58.6 Å². The third-order valence-corrected chi connectivity index (χ3v) is 5.98. The van der Waals surface area contributed by atoms with Gasteiger partial charge in [-0.2, -0.15) is 0 Å². The smallest absolute Gasteiger partial charge is 0.449 e. The molecule has 1 saturated heterocycles. The minimum Gasteiger partial charge on any atom is -0.449 e. The van der Waals surface area contributed by atoms with Crippen molar-refractivity contribution < 1.29 is 23.8 Å². The van der Waals surface area contributed by atoms with Gasteiger partial charge in [-0.1, -0.05) is 18.2 Å². The van der Waals surface area contributed by atoms with E-state index in [-0.39, 0.29) is 11.9 Å². The molecule has 1 aromatic carbocycles. The highest BCUT2D eigenvalue weighted by molar-refractivity contribution is 8.03. The average molecular weight is 408 g/mol. The van der Waals surface area contributed by atoms with Crippen LogP contribution in [0.3, 0.4) is 0 Å². The Kier molecular flexibility index (Phi) is 7.80. The Hall–Kier alpha value is -1.99. The number of ether oxygens (including phenoxy) is 2. The Morgan fingerprint density at radius 2 is 2.14 bits per heavy atom. The molecule has 2 heterocycles. The van der Waals surface area contributed by atoms with Crippen molar-refractivity contribution in [2.45, 2.75) is 38.2 Å². The van der Waals surface area contributed by atoms with E-state index in [2.05, 4.69) is 4.90 Å². The van der Waals surface area contributed by atoms with Crippen molar-refractivity contribution in [2.24, 2.45) is 0 Å². The highest BCUT2D eigenvalue weighted by Crippen LogP contribution is 2.31. The number of halogens is 1. The number of carbonyl (C=O) groups is 1. The summed E-state index contributed by atoms with van der Waals surface area (Å²) in [5, 5.41) is 9.91. The largest absolute Gasteiger partial charge is 0.511 e. The number of thioether (sulfide) groups is 1. The summed E-state index contributed by atoms with van der Waals surface area (Å²) in [5.41, 5.74) is 1.09. The highest BCUT2D eigenvalue weighted by Gasteiger charge is 2.24. The summed E-state index contributed by atoms with van der Waals surface area (Å²) in [6.45, 7) is 2.24. The zero-order valence-electron chi connectivity index (χ0n) is 15.8. The van der Waals surface area contributed by atoms with Gasteiger partial charge in [0.2, 0.25) is 0 Å². The molecule has 1 atom stereocenters. The SMILES string of the molecule is O=C(O)OC1=C(SCCCc2ccc(F)cc2)N(CC2CCCCO2)CC=C1. The molecule has 1 fully saturated rings. The van der Waals surface area contributed by atoms with Crippen LogP contribution >= 0.6 is 11.8 Å². The Balaban J connectivity index is 1.60. The Labute approximate surface area is 169 Å². The quantitative estimate of drug-likeness (QED) is 0.494. The minimum absolute atomic E-state index is 0.168. The molecule has 0 radical (unpaired) electrons. The van der Waals surface area contributed by atoms with Crippen LogP contribution < -0.4 is 0 Å². The lowest BCUT2D eigenvalue weighted by atomic mass is 10.1. The summed E-state index contributed by atoms with van der Waals surface area (Å²) in [7, 11) is 0. The Bertz CT molecular complexity index is 714. The molecule has 0 aliphatic carbocycles. The molecule has 0 saturated carbocycles. The van der Waals surface area contributed by atoms with E-state index >= 15 is 0 Å². The standard InChI is InChI=1S/C21H26FNO4S/c22-17-10-8-16(9-11-17)5-4-14-28-20-19(27-21(24)25)7-3-12-23(20)15-18-6-1-2-13-26-18/h3,7-11,18H,1-2,4-6,12-15H2,(H,24,25). The fourth-order valence-corrected chi connectivity index (χ4v) is 4.45. The maximum atomic E-state index is 13.0. The Morgan fingerprint density at radius 3 is 2.86 bits per heavy atom. The zero-order chi connectivity index (χ0) is 19.8. The summed E-state index contributed by atoms with van der Waals surface area (Å²) < 4.78 is 23.9. The second-order valence-corrected chi connectivity index (χ2v) is 8.00. The van der Waals surface area contributed by atoms with Gasteiger partial charge in [0.25, 0.3) is 0 Å². The number of aryl methyl sites for hydroxylation is 1. The maximum Gasteiger partial charge on any atom is 0.511 e. The molecule has 1 unspecified atom stereocenters. The van der Waals surface area contributed by atoms with E-state index in [1.54, 1.807) is 30.0 Å². The van der Waals surface area contributed by atoms with Crippen molar-refractivity contribution in [1.29, 1.82) is 0 Å². The van der Waals surface area contributed by atoms with Crippen molar-refractivity contribution in [3.8, 4) is 0 Å². The van der Waals surface area contributed by atoms with Crippen molar-refractivity contribution in [1.82, 2.24) is 4.90 Å². The first kappa shape index (κ1) is 20.7. The van der Waals surface area contributed by atoms with Crippen LogP contribution in [0.4, 0.5) is 9.18 Å². The van der Waals surface area contributed by atoms with Gasteiger partial charge in [-0.25, -0.2) is 9.18 Å². The summed E-state index contributed by atoms with van der Waals surface area (Å²) >= 11 is 1.60. The predicted molar refractivity (Wildman–Crippen MR) is 108 cm³/mol. The molecule has 0 spiro atoms. The number of rotatable bonds is 8. The predicted octanol–water partition coefficient (Wildman–Crippen LogP) is 4.80. The fourth-order valence-electron chi connectivity index (χ4n) is 3.38. The van der Waals surface area contributed by atoms with E-state index in [9.17, 15) is 9.18 Å². The Morgan fingerprint density at radius 1 is 1.32 bits per heavy atom. The molecule has 28 heavy (non-hydrogen) atoms. The summed E-state index contributed by atoms with van der Waals surface area (Å²) in [4.78, 5) is 13.2. The number of carboxylic acid groups (broad SMARTS) is 1. The van der Waals surface area contributed by atoms with Gasteiger partial charge in [0.1, 0.15) is 10.8 Å². The number of benzene rings is 1. The van der Waals surface area contributed by atoms with Gasteiger partial charge in [-0.3, -0.25) is 0 Å². The van der Waals surface area contributed by atoms with Crippen LogP contribution in [-0.4, -0.2) is 47.7 Å². The van der Waals surface area contributed by atoms with Gasteiger partial charge in [0.15, 0.2) is 5.76 Å². The van der Waals surface area contributed by atoms with Crippen molar-refractivity contribution in [3.63, 3.8) is 0 Å². The number of hydrogen-bond acceptors (Lipinski definition) is 5. The van der Waals surface area contributed by atoms with Gasteiger partial charge in [0.05, 0.1) is 6.10 Å². The van der Waals surface area contributed by atoms with Gasteiger partial charge < -0.3 is 19.5 Å². The van der Waals surface area contributed by atoms with Crippen molar-refractivity contribution in [2.75, 3.05) is 25.4 Å². The van der Waals surface area contributed by atoms with Crippen LogP contribution in [-0.2, 0) is 15.9 Å². The monoisotopic (exact) mass is 407 g/mol. The van der Waals surface area contributed by atoms with E-state index in [1.165, 1.54) is 12.1 Å². The van der Waals surface area contributed by atoms with Gasteiger partial charge in [0, 0.05) is 19.7 Å². The van der Waals surface area contributed by atoms with E-state index in [4.69, 9.17) is 14.6 Å². The molecule has 2 aliphatic rings. The van der Waals surface area contributed by atoms with Crippen LogP contribution in [0.25, 0.3) is 0 Å². The molecular formula is C21H26FNO4S. The molecule has 3 rings (SSSR count). The lowest BCUT2D eigenvalue weighted by Gasteiger charge is -2.34. The van der Waals surface area contributed by atoms with Crippen LogP contribution in [0.5, 0.6) is 0 Å². The van der Waals surface area contributed by atoms with Crippen LogP contribution in [0.2, 0.25) is 0 Å². The third-order valence-electron chi connectivity index (χ3n) is 4.75. The molecule has 0 aromatic heterocycles. The zero-order valence-corrected chi connectivity index (χ0v) is 16.6. The number of hydrogen-bond donors (Lipinski definition) is 1. The first-order valence-corrected chi connectivity index (χ1v) is 10.7. The van der Waals surface area contributed by atoms with Crippen LogP contribution in [0.15, 0.2) is 47.2 Å². The van der Waals surface area contributed by atoms with Crippen molar-refractivity contribution >= 4 is 17.9 Å².